The number of ether oxygens (including phenoxy) is 1. The molecule has 0 unspecified atom stereocenters. The first-order valence-electron chi connectivity index (χ1n) is 5.96. The van der Waals surface area contributed by atoms with E-state index in [0.717, 1.165) is 19.3 Å². The zero-order valence-electron chi connectivity index (χ0n) is 11.2. The minimum absolute atomic E-state index is 0.0167. The highest BCUT2D eigenvalue weighted by Gasteiger charge is 2.04. The van der Waals surface area contributed by atoms with Crippen molar-refractivity contribution in [3.63, 3.8) is 0 Å². The molecule has 18 heavy (non-hydrogen) atoms. The third-order valence-electron chi connectivity index (χ3n) is 2.39. The molecule has 0 aromatic carbocycles. The summed E-state index contributed by atoms with van der Waals surface area (Å²) < 4.78 is 4.52. The summed E-state index contributed by atoms with van der Waals surface area (Å²) in [5.41, 5.74) is 0.240. The van der Waals surface area contributed by atoms with Gasteiger partial charge in [0.25, 0.3) is 0 Å². The van der Waals surface area contributed by atoms with Crippen LogP contribution in [0.25, 0.3) is 0 Å². The lowest BCUT2D eigenvalue weighted by Crippen LogP contribution is -2.02. The first-order valence-corrected chi connectivity index (χ1v) is 5.96. The molecule has 0 saturated heterocycles. The van der Waals surface area contributed by atoms with Crippen LogP contribution in [0.2, 0.25) is 0 Å². The minimum Gasteiger partial charge on any atom is -0.512 e. The van der Waals surface area contributed by atoms with Gasteiger partial charge in [0.2, 0.25) is 0 Å². The smallest absolute Gasteiger partial charge is 0.305 e. The van der Waals surface area contributed by atoms with Gasteiger partial charge in [-0.15, -0.1) is 0 Å². The Morgan fingerprint density at radius 1 is 1.22 bits per heavy atom. The number of aliphatic hydroxyl groups excluding tert-OH is 1. The molecule has 0 bridgehead atoms. The number of methoxy groups -OCH3 is 1. The van der Waals surface area contributed by atoms with E-state index in [4.69, 9.17) is 0 Å². The lowest BCUT2D eigenvalue weighted by molar-refractivity contribution is -0.140. The van der Waals surface area contributed by atoms with E-state index in [9.17, 15) is 14.7 Å². The highest BCUT2D eigenvalue weighted by molar-refractivity contribution is 6.12. The molecular formula is C13H21NO4. The van der Waals surface area contributed by atoms with Crippen molar-refractivity contribution in [3.8, 4) is 0 Å². The van der Waals surface area contributed by atoms with Crippen molar-refractivity contribution in [3.05, 3.63) is 11.3 Å². The summed E-state index contributed by atoms with van der Waals surface area (Å²) in [7, 11) is 1.37. The van der Waals surface area contributed by atoms with E-state index < -0.39 is 0 Å². The third kappa shape index (κ3) is 7.60. The zero-order valence-corrected chi connectivity index (χ0v) is 11.2. The van der Waals surface area contributed by atoms with Crippen LogP contribution in [0.5, 0.6) is 0 Å². The number of aliphatic imine (C=N–C) groups is 1. The van der Waals surface area contributed by atoms with Crippen LogP contribution in [0, 0.1) is 0 Å². The predicted octanol–water partition coefficient (Wildman–Crippen LogP) is 2.21. The molecule has 0 radical (unpaired) electrons. The average molecular weight is 255 g/mol. The number of rotatable bonds is 8. The lowest BCUT2D eigenvalue weighted by Gasteiger charge is -1.99. The Labute approximate surface area is 108 Å². The van der Waals surface area contributed by atoms with Gasteiger partial charge < -0.3 is 9.84 Å². The summed E-state index contributed by atoms with van der Waals surface area (Å²) in [6.45, 7) is 3.42. The van der Waals surface area contributed by atoms with E-state index >= 15 is 0 Å². The summed E-state index contributed by atoms with van der Waals surface area (Å²) in [6.07, 6.45) is 4.32. The van der Waals surface area contributed by atoms with E-state index in [1.807, 2.05) is 0 Å². The first-order chi connectivity index (χ1) is 8.49. The van der Waals surface area contributed by atoms with Crippen LogP contribution in [-0.4, -0.2) is 36.7 Å². The van der Waals surface area contributed by atoms with E-state index in [-0.39, 0.29) is 23.1 Å². The SMILES string of the molecule is COC(=O)CCCCCN=C/C(C(C)=O)=C(/C)O. The van der Waals surface area contributed by atoms with Crippen molar-refractivity contribution in [1.82, 2.24) is 0 Å². The Kier molecular flexibility index (Phi) is 8.53. The standard InChI is InChI=1S/C13H21NO4/c1-10(15)12(11(2)16)9-14-8-6-4-5-7-13(17)18-3/h9,15H,4-8H2,1-3H3/b12-10+,14-9?. The van der Waals surface area contributed by atoms with Gasteiger partial charge in [0.1, 0.15) is 5.76 Å². The second-order valence-corrected chi connectivity index (χ2v) is 3.98. The van der Waals surface area contributed by atoms with Gasteiger partial charge in [-0.2, -0.15) is 0 Å². The Balaban J connectivity index is 3.81. The maximum absolute atomic E-state index is 11.1. The number of aliphatic hydroxyl groups is 1. The van der Waals surface area contributed by atoms with Crippen LogP contribution in [0.1, 0.15) is 39.5 Å². The Morgan fingerprint density at radius 3 is 2.39 bits per heavy atom. The summed E-state index contributed by atoms with van der Waals surface area (Å²) in [4.78, 5) is 26.0. The fourth-order valence-electron chi connectivity index (χ4n) is 1.35. The average Bonchev–Trinajstić information content (AvgIpc) is 2.31. The molecule has 5 nitrogen and oxygen atoms in total. The summed E-state index contributed by atoms with van der Waals surface area (Å²) >= 11 is 0. The molecule has 0 amide bonds. The molecule has 0 fully saturated rings. The Morgan fingerprint density at radius 2 is 1.89 bits per heavy atom. The highest BCUT2D eigenvalue weighted by atomic mass is 16.5. The van der Waals surface area contributed by atoms with Gasteiger partial charge in [-0.1, -0.05) is 6.42 Å². The molecule has 0 aromatic rings. The third-order valence-corrected chi connectivity index (χ3v) is 2.39. The maximum Gasteiger partial charge on any atom is 0.305 e. The van der Waals surface area contributed by atoms with E-state index in [0.29, 0.717) is 13.0 Å². The number of carbonyl (C=O) groups is 2. The van der Waals surface area contributed by atoms with Crippen LogP contribution in [0.15, 0.2) is 16.3 Å². The van der Waals surface area contributed by atoms with Crippen molar-refractivity contribution in [2.24, 2.45) is 4.99 Å². The molecule has 0 spiro atoms. The normalized spacial score (nSPS) is 12.4. The van der Waals surface area contributed by atoms with Crippen molar-refractivity contribution in [2.75, 3.05) is 13.7 Å². The highest BCUT2D eigenvalue weighted by Crippen LogP contribution is 2.02. The molecule has 0 rings (SSSR count). The summed E-state index contributed by atoms with van der Waals surface area (Å²) in [6, 6.07) is 0. The number of Topliss-reactive ketones (excluding diaryl/α,β-unsaturated/α-hetero) is 1. The molecule has 0 aromatic heterocycles. The topological polar surface area (TPSA) is 76.0 Å². The molecule has 0 aliphatic heterocycles. The zero-order chi connectivity index (χ0) is 14.0. The van der Waals surface area contributed by atoms with E-state index in [1.165, 1.54) is 27.2 Å². The molecular weight excluding hydrogens is 234 g/mol. The number of hydrogen-bond acceptors (Lipinski definition) is 5. The monoisotopic (exact) mass is 255 g/mol. The second kappa shape index (κ2) is 9.39. The quantitative estimate of drug-likeness (QED) is 0.237. The van der Waals surface area contributed by atoms with Crippen molar-refractivity contribution < 1.29 is 19.4 Å². The number of carbonyl (C=O) groups excluding carboxylic acids is 2. The van der Waals surface area contributed by atoms with Crippen molar-refractivity contribution >= 4 is 18.0 Å². The summed E-state index contributed by atoms with van der Waals surface area (Å²) in [5.74, 6) is -0.419. The molecule has 0 heterocycles. The Hall–Kier alpha value is -1.65. The maximum atomic E-state index is 11.1. The number of ketones is 1. The lowest BCUT2D eigenvalue weighted by atomic mass is 10.2. The van der Waals surface area contributed by atoms with Gasteiger partial charge >= 0.3 is 5.97 Å². The Bertz CT molecular complexity index is 341. The fraction of sp³-hybridized carbons (Fsp3) is 0.615. The number of unbranched alkanes of at least 4 members (excludes halogenated alkanes) is 2. The molecule has 0 saturated carbocycles. The first kappa shape index (κ1) is 16.4. The number of hydrogen-bond donors (Lipinski definition) is 1. The second-order valence-electron chi connectivity index (χ2n) is 3.98. The van der Waals surface area contributed by atoms with Crippen LogP contribution >= 0.6 is 0 Å². The van der Waals surface area contributed by atoms with E-state index in [1.54, 1.807) is 0 Å². The van der Waals surface area contributed by atoms with Gasteiger partial charge in [0.05, 0.1) is 12.7 Å². The van der Waals surface area contributed by atoms with E-state index in [2.05, 4.69) is 9.73 Å². The van der Waals surface area contributed by atoms with Crippen LogP contribution in [0.3, 0.4) is 0 Å². The van der Waals surface area contributed by atoms with Crippen LogP contribution in [-0.2, 0) is 14.3 Å². The van der Waals surface area contributed by atoms with Crippen LogP contribution in [0.4, 0.5) is 0 Å². The molecule has 0 aliphatic carbocycles. The van der Waals surface area contributed by atoms with Gasteiger partial charge in [0, 0.05) is 19.2 Å². The predicted molar refractivity (Wildman–Crippen MR) is 69.9 cm³/mol. The molecule has 5 heteroatoms. The largest absolute Gasteiger partial charge is 0.512 e. The number of allylic oxidation sites excluding steroid dienone is 2. The van der Waals surface area contributed by atoms with Gasteiger partial charge in [-0.05, 0) is 26.7 Å². The van der Waals surface area contributed by atoms with Gasteiger partial charge in [-0.25, -0.2) is 0 Å². The van der Waals surface area contributed by atoms with Gasteiger partial charge in [-0.3, -0.25) is 14.6 Å². The molecule has 102 valence electrons. The minimum atomic E-state index is -0.204. The summed E-state index contributed by atoms with van der Waals surface area (Å²) in [5, 5.41) is 9.23. The van der Waals surface area contributed by atoms with Crippen molar-refractivity contribution in [2.45, 2.75) is 39.5 Å². The van der Waals surface area contributed by atoms with Gasteiger partial charge in [0.15, 0.2) is 5.78 Å². The molecule has 0 aliphatic rings. The molecule has 0 atom stereocenters. The van der Waals surface area contributed by atoms with Crippen LogP contribution < -0.4 is 0 Å². The van der Waals surface area contributed by atoms with Crippen molar-refractivity contribution in [1.29, 1.82) is 0 Å². The molecule has 1 N–H and O–H groups in total. The number of nitrogens with zero attached hydrogens (tertiary/aromatic N) is 1. The fourth-order valence-corrected chi connectivity index (χ4v) is 1.35. The number of esters is 1.